The summed E-state index contributed by atoms with van der Waals surface area (Å²) in [7, 11) is 0. The highest BCUT2D eigenvalue weighted by molar-refractivity contribution is 8.00. The Bertz CT molecular complexity index is 520. The van der Waals surface area contributed by atoms with Crippen LogP contribution in [0.4, 0.5) is 4.39 Å². The molecule has 0 aromatic heterocycles. The van der Waals surface area contributed by atoms with Crippen LogP contribution >= 0.6 is 11.8 Å². The SMILES string of the molecule is CC1CC(c2ccc(F)cc2)CN1C(=O)CSCC(=O)O. The zero-order chi connectivity index (χ0) is 15.4. The van der Waals surface area contributed by atoms with Gasteiger partial charge in [-0.25, -0.2) is 4.39 Å². The summed E-state index contributed by atoms with van der Waals surface area (Å²) in [5.74, 6) is -0.857. The molecule has 2 atom stereocenters. The Labute approximate surface area is 127 Å². The van der Waals surface area contributed by atoms with Crippen molar-refractivity contribution in [3.8, 4) is 0 Å². The number of hydrogen-bond acceptors (Lipinski definition) is 3. The van der Waals surface area contributed by atoms with Crippen molar-refractivity contribution in [3.63, 3.8) is 0 Å². The summed E-state index contributed by atoms with van der Waals surface area (Å²) >= 11 is 1.12. The molecule has 4 nitrogen and oxygen atoms in total. The highest BCUT2D eigenvalue weighted by Gasteiger charge is 2.32. The molecule has 1 aliphatic rings. The van der Waals surface area contributed by atoms with E-state index in [1.165, 1.54) is 12.1 Å². The molecule has 1 amide bonds. The average molecular weight is 311 g/mol. The predicted octanol–water partition coefficient (Wildman–Crippen LogP) is 2.35. The minimum absolute atomic E-state index is 0.0293. The minimum atomic E-state index is -0.911. The molecule has 1 aromatic carbocycles. The van der Waals surface area contributed by atoms with Gasteiger partial charge in [0.2, 0.25) is 5.91 Å². The Balaban J connectivity index is 1.92. The van der Waals surface area contributed by atoms with Crippen molar-refractivity contribution in [1.82, 2.24) is 4.90 Å². The van der Waals surface area contributed by atoms with Gasteiger partial charge < -0.3 is 10.0 Å². The van der Waals surface area contributed by atoms with Crippen molar-refractivity contribution >= 4 is 23.6 Å². The number of thioether (sulfide) groups is 1. The summed E-state index contributed by atoms with van der Waals surface area (Å²) in [6.07, 6.45) is 0.848. The number of aliphatic carboxylic acids is 1. The van der Waals surface area contributed by atoms with Crippen LogP contribution in [0.2, 0.25) is 0 Å². The highest BCUT2D eigenvalue weighted by Crippen LogP contribution is 2.32. The lowest BCUT2D eigenvalue weighted by atomic mass is 9.97. The number of carbonyl (C=O) groups is 2. The fraction of sp³-hybridized carbons (Fsp3) is 0.467. The van der Waals surface area contributed by atoms with E-state index in [9.17, 15) is 14.0 Å². The first-order chi connectivity index (χ1) is 9.97. The molecule has 2 rings (SSSR count). The maximum Gasteiger partial charge on any atom is 0.313 e. The van der Waals surface area contributed by atoms with Crippen LogP contribution in [-0.4, -0.2) is 46.0 Å². The topological polar surface area (TPSA) is 57.6 Å². The Kier molecular flexibility index (Phi) is 5.22. The quantitative estimate of drug-likeness (QED) is 0.907. The number of likely N-dealkylation sites (tertiary alicyclic amines) is 1. The van der Waals surface area contributed by atoms with Gasteiger partial charge in [0.05, 0.1) is 11.5 Å². The van der Waals surface area contributed by atoms with Gasteiger partial charge in [0.25, 0.3) is 0 Å². The molecule has 1 aromatic rings. The molecule has 0 spiro atoms. The summed E-state index contributed by atoms with van der Waals surface area (Å²) in [4.78, 5) is 24.4. The van der Waals surface area contributed by atoms with Gasteiger partial charge in [-0.05, 0) is 31.0 Å². The first kappa shape index (κ1) is 15.8. The van der Waals surface area contributed by atoms with E-state index in [4.69, 9.17) is 5.11 Å². The number of carboxylic acid groups (broad SMARTS) is 1. The van der Waals surface area contributed by atoms with Crippen LogP contribution in [0.25, 0.3) is 0 Å². The number of hydrogen-bond donors (Lipinski definition) is 1. The number of rotatable bonds is 5. The number of nitrogens with zero attached hydrogens (tertiary/aromatic N) is 1. The molecule has 2 unspecified atom stereocenters. The molecule has 1 fully saturated rings. The molecule has 1 heterocycles. The summed E-state index contributed by atoms with van der Waals surface area (Å²) < 4.78 is 12.9. The summed E-state index contributed by atoms with van der Waals surface area (Å²) in [5.41, 5.74) is 1.04. The molecular weight excluding hydrogens is 293 g/mol. The Morgan fingerprint density at radius 1 is 1.33 bits per heavy atom. The van der Waals surface area contributed by atoms with E-state index in [0.29, 0.717) is 6.54 Å². The van der Waals surface area contributed by atoms with Crippen molar-refractivity contribution in [1.29, 1.82) is 0 Å². The standard InChI is InChI=1S/C15H18FNO3S/c1-10-6-12(11-2-4-13(16)5-3-11)7-17(10)14(18)8-21-9-15(19)20/h2-5,10,12H,6-9H2,1H3,(H,19,20). The van der Waals surface area contributed by atoms with Gasteiger partial charge in [0, 0.05) is 18.5 Å². The van der Waals surface area contributed by atoms with Crippen LogP contribution in [0.1, 0.15) is 24.8 Å². The third-order valence-electron chi connectivity index (χ3n) is 3.69. The van der Waals surface area contributed by atoms with Crippen LogP contribution in [0.3, 0.4) is 0 Å². The van der Waals surface area contributed by atoms with Crippen LogP contribution in [0, 0.1) is 5.82 Å². The van der Waals surface area contributed by atoms with Crippen LogP contribution < -0.4 is 0 Å². The molecule has 1 aliphatic heterocycles. The lowest BCUT2D eigenvalue weighted by Gasteiger charge is -2.21. The van der Waals surface area contributed by atoms with Crippen LogP contribution in [0.5, 0.6) is 0 Å². The van der Waals surface area contributed by atoms with Gasteiger partial charge in [0.15, 0.2) is 0 Å². The molecular formula is C15H18FNO3S. The highest BCUT2D eigenvalue weighted by atomic mass is 32.2. The number of carbonyl (C=O) groups excluding carboxylic acids is 1. The maximum absolute atomic E-state index is 12.9. The predicted molar refractivity (Wildman–Crippen MR) is 79.9 cm³/mol. The van der Waals surface area contributed by atoms with E-state index in [0.717, 1.165) is 23.7 Å². The largest absolute Gasteiger partial charge is 0.481 e. The molecule has 1 saturated heterocycles. The third-order valence-corrected chi connectivity index (χ3v) is 4.59. The Morgan fingerprint density at radius 2 is 2.00 bits per heavy atom. The monoisotopic (exact) mass is 311 g/mol. The van der Waals surface area contributed by atoms with E-state index in [1.54, 1.807) is 17.0 Å². The number of halogens is 1. The number of benzene rings is 1. The van der Waals surface area contributed by atoms with E-state index >= 15 is 0 Å². The summed E-state index contributed by atoms with van der Waals surface area (Å²) in [6, 6.07) is 6.53. The first-order valence-corrected chi connectivity index (χ1v) is 7.97. The lowest BCUT2D eigenvalue weighted by Crippen LogP contribution is -2.35. The molecule has 114 valence electrons. The van der Waals surface area contributed by atoms with Crippen molar-refractivity contribution in [2.45, 2.75) is 25.3 Å². The van der Waals surface area contributed by atoms with Gasteiger partial charge in [-0.15, -0.1) is 11.8 Å². The zero-order valence-electron chi connectivity index (χ0n) is 11.8. The molecule has 0 radical (unpaired) electrons. The molecule has 21 heavy (non-hydrogen) atoms. The fourth-order valence-corrected chi connectivity index (χ4v) is 3.28. The molecule has 6 heteroatoms. The maximum atomic E-state index is 12.9. The normalized spacial score (nSPS) is 21.5. The van der Waals surface area contributed by atoms with Crippen molar-refractivity contribution in [2.75, 3.05) is 18.1 Å². The first-order valence-electron chi connectivity index (χ1n) is 6.82. The van der Waals surface area contributed by atoms with Gasteiger partial charge in [0.1, 0.15) is 5.82 Å². The molecule has 0 saturated carbocycles. The summed E-state index contributed by atoms with van der Waals surface area (Å²) in [6.45, 7) is 2.60. The molecule has 0 aliphatic carbocycles. The van der Waals surface area contributed by atoms with Gasteiger partial charge >= 0.3 is 5.97 Å². The zero-order valence-corrected chi connectivity index (χ0v) is 12.6. The smallest absolute Gasteiger partial charge is 0.313 e. The lowest BCUT2D eigenvalue weighted by molar-refractivity contribution is -0.133. The molecule has 1 N–H and O–H groups in total. The number of carboxylic acids is 1. The van der Waals surface area contributed by atoms with E-state index < -0.39 is 5.97 Å². The van der Waals surface area contributed by atoms with Gasteiger partial charge in [-0.3, -0.25) is 9.59 Å². The van der Waals surface area contributed by atoms with Crippen molar-refractivity contribution in [2.24, 2.45) is 0 Å². The van der Waals surface area contributed by atoms with Crippen LogP contribution in [-0.2, 0) is 9.59 Å². The van der Waals surface area contributed by atoms with E-state index in [2.05, 4.69) is 0 Å². The van der Waals surface area contributed by atoms with Crippen LogP contribution in [0.15, 0.2) is 24.3 Å². The Morgan fingerprint density at radius 3 is 2.62 bits per heavy atom. The van der Waals surface area contributed by atoms with Gasteiger partial charge in [-0.1, -0.05) is 12.1 Å². The minimum Gasteiger partial charge on any atom is -0.481 e. The fourth-order valence-electron chi connectivity index (χ4n) is 2.66. The average Bonchev–Trinajstić information content (AvgIpc) is 2.81. The van der Waals surface area contributed by atoms with Crippen molar-refractivity contribution in [3.05, 3.63) is 35.6 Å². The second-order valence-corrected chi connectivity index (χ2v) is 6.25. The Hall–Kier alpha value is -1.56. The third kappa shape index (κ3) is 4.20. The second kappa shape index (κ2) is 6.93. The molecule has 0 bridgehead atoms. The second-order valence-electron chi connectivity index (χ2n) is 5.27. The van der Waals surface area contributed by atoms with E-state index in [-0.39, 0.29) is 35.2 Å². The van der Waals surface area contributed by atoms with E-state index in [1.807, 2.05) is 6.92 Å². The number of amides is 1. The van der Waals surface area contributed by atoms with Crippen molar-refractivity contribution < 1.29 is 19.1 Å². The summed E-state index contributed by atoms with van der Waals surface area (Å²) in [5, 5.41) is 8.58. The van der Waals surface area contributed by atoms with Gasteiger partial charge in [-0.2, -0.15) is 0 Å².